The fraction of sp³-hybridized carbons (Fsp3) is 0.375. The molecule has 2 aromatic carbocycles. The van der Waals surface area contributed by atoms with Crippen LogP contribution in [-0.4, -0.2) is 61.9 Å². The smallest absolute Gasteiger partial charge is 0.254 e. The standard InChI is InChI=1S/C24H28N2O4S/c1-18-16-26(17-19(2)30-18)31(28,29)23-10-8-22(9-11-23)24(27)25-14-12-21(13-15-25)20-6-4-3-5-7-20/h3-12,18-19H,13-17H2,1-2H3/t18-,19+. The molecule has 2 aliphatic rings. The second kappa shape index (κ2) is 8.94. The molecule has 1 saturated heterocycles. The highest BCUT2D eigenvalue weighted by Crippen LogP contribution is 2.24. The zero-order valence-corrected chi connectivity index (χ0v) is 18.7. The maximum absolute atomic E-state index is 13.0. The molecule has 6 nitrogen and oxygen atoms in total. The number of benzene rings is 2. The maximum atomic E-state index is 13.0. The van der Waals surface area contributed by atoms with Gasteiger partial charge in [0.1, 0.15) is 0 Å². The zero-order chi connectivity index (χ0) is 22.0. The summed E-state index contributed by atoms with van der Waals surface area (Å²) in [5, 5.41) is 0. The van der Waals surface area contributed by atoms with Crippen LogP contribution in [0.4, 0.5) is 0 Å². The molecule has 7 heteroatoms. The van der Waals surface area contributed by atoms with E-state index in [4.69, 9.17) is 4.74 Å². The van der Waals surface area contributed by atoms with E-state index in [0.29, 0.717) is 31.7 Å². The van der Waals surface area contributed by atoms with Crippen molar-refractivity contribution >= 4 is 21.5 Å². The molecule has 2 aromatic rings. The van der Waals surface area contributed by atoms with Gasteiger partial charge >= 0.3 is 0 Å². The highest BCUT2D eigenvalue weighted by Gasteiger charge is 2.32. The summed E-state index contributed by atoms with van der Waals surface area (Å²) >= 11 is 0. The van der Waals surface area contributed by atoms with Crippen molar-refractivity contribution < 1.29 is 17.9 Å². The van der Waals surface area contributed by atoms with Gasteiger partial charge in [-0.3, -0.25) is 4.79 Å². The van der Waals surface area contributed by atoms with Crippen molar-refractivity contribution in [2.45, 2.75) is 37.4 Å². The van der Waals surface area contributed by atoms with Crippen molar-refractivity contribution in [2.75, 3.05) is 26.2 Å². The number of nitrogens with zero attached hydrogens (tertiary/aromatic N) is 2. The predicted octanol–water partition coefficient (Wildman–Crippen LogP) is 3.41. The minimum Gasteiger partial charge on any atom is -0.373 e. The number of hydrogen-bond acceptors (Lipinski definition) is 4. The van der Waals surface area contributed by atoms with Crippen LogP contribution in [0, 0.1) is 0 Å². The largest absolute Gasteiger partial charge is 0.373 e. The molecular weight excluding hydrogens is 412 g/mol. The lowest BCUT2D eigenvalue weighted by atomic mass is 9.99. The third-order valence-corrected chi connectivity index (χ3v) is 7.61. The Morgan fingerprint density at radius 2 is 1.61 bits per heavy atom. The summed E-state index contributed by atoms with van der Waals surface area (Å²) in [6, 6.07) is 16.5. The molecule has 164 valence electrons. The molecule has 0 radical (unpaired) electrons. The molecule has 2 aliphatic heterocycles. The van der Waals surface area contributed by atoms with Gasteiger partial charge in [-0.1, -0.05) is 36.4 Å². The first-order chi connectivity index (χ1) is 14.8. The Morgan fingerprint density at radius 1 is 0.968 bits per heavy atom. The van der Waals surface area contributed by atoms with Crippen molar-refractivity contribution in [1.29, 1.82) is 0 Å². The lowest BCUT2D eigenvalue weighted by Crippen LogP contribution is -2.48. The monoisotopic (exact) mass is 440 g/mol. The van der Waals surface area contributed by atoms with Crippen LogP contribution in [-0.2, 0) is 14.8 Å². The lowest BCUT2D eigenvalue weighted by molar-refractivity contribution is -0.0440. The molecule has 4 rings (SSSR count). The van der Waals surface area contributed by atoms with Crippen molar-refractivity contribution in [3.8, 4) is 0 Å². The van der Waals surface area contributed by atoms with Gasteiger partial charge in [-0.25, -0.2) is 8.42 Å². The second-order valence-electron chi connectivity index (χ2n) is 8.20. The van der Waals surface area contributed by atoms with Crippen LogP contribution in [0.25, 0.3) is 5.57 Å². The van der Waals surface area contributed by atoms with Gasteiger partial charge in [-0.05, 0) is 55.7 Å². The van der Waals surface area contributed by atoms with Crippen LogP contribution in [0.15, 0.2) is 65.6 Å². The fourth-order valence-electron chi connectivity index (χ4n) is 4.20. The molecule has 0 aliphatic carbocycles. The summed E-state index contributed by atoms with van der Waals surface area (Å²) in [5.74, 6) is -0.0825. The molecule has 0 aromatic heterocycles. The number of amides is 1. The first-order valence-corrected chi connectivity index (χ1v) is 12.1. The summed E-state index contributed by atoms with van der Waals surface area (Å²) in [6.45, 7) is 5.59. The zero-order valence-electron chi connectivity index (χ0n) is 17.9. The van der Waals surface area contributed by atoms with Crippen LogP contribution in [0.2, 0.25) is 0 Å². The van der Waals surface area contributed by atoms with Gasteiger partial charge in [0.2, 0.25) is 10.0 Å². The summed E-state index contributed by atoms with van der Waals surface area (Å²) in [5.41, 5.74) is 2.94. The number of carbonyl (C=O) groups excluding carboxylic acids is 1. The summed E-state index contributed by atoms with van der Waals surface area (Å²) in [4.78, 5) is 14.9. The van der Waals surface area contributed by atoms with Gasteiger partial charge in [0.15, 0.2) is 0 Å². The average Bonchev–Trinajstić information content (AvgIpc) is 2.79. The minimum atomic E-state index is -3.61. The third kappa shape index (κ3) is 4.74. The van der Waals surface area contributed by atoms with Gasteiger partial charge < -0.3 is 9.64 Å². The summed E-state index contributed by atoms with van der Waals surface area (Å²) in [7, 11) is -3.61. The Bertz CT molecular complexity index is 1050. The topological polar surface area (TPSA) is 66.9 Å². The van der Waals surface area contributed by atoms with Gasteiger partial charge in [0.05, 0.1) is 17.1 Å². The number of carbonyl (C=O) groups is 1. The SMILES string of the molecule is C[C@@H]1CN(S(=O)(=O)c2ccc(C(=O)N3CC=C(c4ccccc4)CC3)cc2)C[C@H](C)O1. The maximum Gasteiger partial charge on any atom is 0.254 e. The molecule has 0 unspecified atom stereocenters. The third-order valence-electron chi connectivity index (χ3n) is 5.77. The van der Waals surface area contributed by atoms with E-state index >= 15 is 0 Å². The fourth-order valence-corrected chi connectivity index (χ4v) is 5.79. The van der Waals surface area contributed by atoms with Crippen LogP contribution in [0.1, 0.15) is 36.2 Å². The first-order valence-electron chi connectivity index (χ1n) is 10.6. The van der Waals surface area contributed by atoms with E-state index < -0.39 is 10.0 Å². The van der Waals surface area contributed by atoms with Crippen molar-refractivity contribution in [3.63, 3.8) is 0 Å². The molecule has 2 atom stereocenters. The highest BCUT2D eigenvalue weighted by atomic mass is 32.2. The van der Waals surface area contributed by atoms with Crippen molar-refractivity contribution in [2.24, 2.45) is 0 Å². The van der Waals surface area contributed by atoms with Crippen LogP contribution >= 0.6 is 0 Å². The van der Waals surface area contributed by atoms with Gasteiger partial charge in [-0.15, -0.1) is 0 Å². The first kappa shape index (κ1) is 21.7. The molecule has 0 bridgehead atoms. The molecule has 0 spiro atoms. The molecular formula is C24H28N2O4S. The predicted molar refractivity (Wildman–Crippen MR) is 120 cm³/mol. The summed E-state index contributed by atoms with van der Waals surface area (Å²) in [6.07, 6.45) is 2.60. The Kier molecular flexibility index (Phi) is 6.27. The van der Waals surface area contributed by atoms with Gasteiger partial charge in [0.25, 0.3) is 5.91 Å². The number of sulfonamides is 1. The molecule has 31 heavy (non-hydrogen) atoms. The van der Waals surface area contributed by atoms with Gasteiger partial charge in [-0.2, -0.15) is 4.31 Å². The lowest BCUT2D eigenvalue weighted by Gasteiger charge is -2.34. The quantitative estimate of drug-likeness (QED) is 0.731. The Labute approximate surface area is 184 Å². The average molecular weight is 441 g/mol. The molecule has 1 amide bonds. The normalized spacial score (nSPS) is 22.8. The Morgan fingerprint density at radius 3 is 2.19 bits per heavy atom. The van der Waals surface area contributed by atoms with E-state index in [2.05, 4.69) is 18.2 Å². The minimum absolute atomic E-state index is 0.0825. The van der Waals surface area contributed by atoms with E-state index in [0.717, 1.165) is 6.42 Å². The van der Waals surface area contributed by atoms with Crippen molar-refractivity contribution in [1.82, 2.24) is 9.21 Å². The van der Waals surface area contributed by atoms with Crippen LogP contribution in [0.3, 0.4) is 0 Å². The number of ether oxygens (including phenoxy) is 1. The van der Waals surface area contributed by atoms with Crippen LogP contribution < -0.4 is 0 Å². The Hall–Kier alpha value is -2.48. The number of morpholine rings is 1. The Balaban J connectivity index is 1.45. The molecule has 2 heterocycles. The van der Waals surface area contributed by atoms with E-state index in [1.165, 1.54) is 27.6 Å². The van der Waals surface area contributed by atoms with Crippen molar-refractivity contribution in [3.05, 3.63) is 71.8 Å². The number of rotatable bonds is 4. The molecule has 0 saturated carbocycles. The molecule has 1 fully saturated rings. The second-order valence-corrected chi connectivity index (χ2v) is 10.1. The highest BCUT2D eigenvalue weighted by molar-refractivity contribution is 7.89. The van der Waals surface area contributed by atoms with Crippen LogP contribution in [0.5, 0.6) is 0 Å². The van der Waals surface area contributed by atoms with E-state index in [9.17, 15) is 13.2 Å². The number of hydrogen-bond donors (Lipinski definition) is 0. The van der Waals surface area contributed by atoms with E-state index in [-0.39, 0.29) is 23.0 Å². The van der Waals surface area contributed by atoms with Gasteiger partial charge in [0, 0.05) is 31.7 Å². The van der Waals surface area contributed by atoms with E-state index in [1.807, 2.05) is 32.0 Å². The summed E-state index contributed by atoms with van der Waals surface area (Å²) < 4.78 is 33.1. The molecule has 0 N–H and O–H groups in total. The van der Waals surface area contributed by atoms with E-state index in [1.54, 1.807) is 17.0 Å².